The van der Waals surface area contributed by atoms with Crippen molar-refractivity contribution in [2.24, 2.45) is 0 Å². The van der Waals surface area contributed by atoms with Crippen LogP contribution < -0.4 is 0 Å². The normalized spacial score (nSPS) is 11.6. The van der Waals surface area contributed by atoms with Gasteiger partial charge in [-0.1, -0.05) is 0 Å². The van der Waals surface area contributed by atoms with Crippen molar-refractivity contribution in [2.75, 3.05) is 0 Å². The Balaban J connectivity index is -0.0000000443. The zero-order valence-corrected chi connectivity index (χ0v) is 19.3. The molecule has 200 valence electrons. The van der Waals surface area contributed by atoms with E-state index in [-0.39, 0.29) is 11.0 Å². The Morgan fingerprint density at radius 1 is 0.226 bits per heavy atom. The van der Waals surface area contributed by atoms with Gasteiger partial charge in [-0.25, -0.2) is 24.6 Å². The molecule has 0 saturated carbocycles. The highest BCUT2D eigenvalue weighted by Gasteiger charge is 2.28. The number of rotatable bonds is 0. The molecule has 0 aromatic carbocycles. The van der Waals surface area contributed by atoms with Crippen molar-refractivity contribution in [3.05, 3.63) is 0 Å². The van der Waals surface area contributed by atoms with Crippen LogP contribution in [-0.4, -0.2) is 152 Å². The van der Waals surface area contributed by atoms with Crippen LogP contribution in [0.3, 0.4) is 0 Å². The maximum Gasteiger partial charge on any atom is 0.711 e. The first-order valence-corrected chi connectivity index (χ1v) is 15.5. The molecule has 0 aliphatic rings. The van der Waals surface area contributed by atoms with Crippen LogP contribution >= 0.6 is 0 Å². The molecular weight excluding hydrogens is 599 g/mol. The van der Waals surface area contributed by atoms with Crippen molar-refractivity contribution < 1.29 is 111 Å². The second kappa shape index (κ2) is 19.8. The lowest BCUT2D eigenvalue weighted by Gasteiger charge is -1.88. The van der Waals surface area contributed by atoms with E-state index in [2.05, 4.69) is 0 Å². The SMILES string of the molecule is O[Si](O)(O)F.O[Si](O)(O)F.O[Si](O)(O)F.O[Si](O)(O)F.O[Si](O)(O)F.O[Si](O)(O)F.[SiH4]. The van der Waals surface area contributed by atoms with Gasteiger partial charge in [0, 0.05) is 0 Å². The summed E-state index contributed by atoms with van der Waals surface area (Å²) in [6.45, 7) is 0. The molecule has 0 amide bonds. The molecule has 0 bridgehead atoms. The molecule has 0 aromatic rings. The molecule has 0 heterocycles. The maximum absolute atomic E-state index is 10.5. The van der Waals surface area contributed by atoms with Gasteiger partial charge in [0.25, 0.3) is 0 Å². The van der Waals surface area contributed by atoms with E-state index >= 15 is 0 Å². The molecule has 0 radical (unpaired) electrons. The molecule has 18 N–H and O–H groups in total. The summed E-state index contributed by atoms with van der Waals surface area (Å²) in [4.78, 5) is 128. The average Bonchev–Trinajstić information content (AvgIpc) is 1.94. The molecular formula is H22F6O18Si7. The lowest BCUT2D eigenvalue weighted by Crippen LogP contribution is -2.27. The minimum Gasteiger partial charge on any atom is -0.365 e. The first kappa shape index (κ1) is 48.7. The Bertz CT molecular complexity index is 229. The second-order valence-electron chi connectivity index (χ2n) is 3.32. The van der Waals surface area contributed by atoms with Gasteiger partial charge in [0.1, 0.15) is 0 Å². The summed E-state index contributed by atoms with van der Waals surface area (Å²) >= 11 is 0. The Kier molecular flexibility index (Phi) is 31.1. The molecule has 0 aliphatic heterocycles. The second-order valence-corrected chi connectivity index (χ2v) is 9.96. The van der Waals surface area contributed by atoms with Crippen LogP contribution in [0.4, 0.5) is 24.6 Å². The van der Waals surface area contributed by atoms with Crippen LogP contribution in [0.15, 0.2) is 0 Å². The van der Waals surface area contributed by atoms with Gasteiger partial charge in [-0.2, -0.15) is 0 Å². The van der Waals surface area contributed by atoms with Gasteiger partial charge < -0.3 is 86.3 Å². The molecule has 0 saturated heterocycles. The van der Waals surface area contributed by atoms with Crippen LogP contribution in [0.25, 0.3) is 0 Å². The molecule has 0 fully saturated rings. The van der Waals surface area contributed by atoms with Crippen molar-refractivity contribution in [3.63, 3.8) is 0 Å². The first-order valence-electron chi connectivity index (χ1n) is 5.16. The molecule has 0 unspecified atom stereocenters. The molecule has 0 aliphatic carbocycles. The van der Waals surface area contributed by atoms with Crippen molar-refractivity contribution in [2.45, 2.75) is 0 Å². The van der Waals surface area contributed by atoms with Crippen LogP contribution in [0.5, 0.6) is 0 Å². The van der Waals surface area contributed by atoms with Gasteiger partial charge >= 0.3 is 54.8 Å². The Labute approximate surface area is 177 Å². The molecule has 0 aromatic heterocycles. The summed E-state index contributed by atoms with van der Waals surface area (Å²) in [7, 11) is -30.7. The number of hydrogen-bond acceptors (Lipinski definition) is 18. The van der Waals surface area contributed by atoms with Crippen LogP contribution in [0.1, 0.15) is 0 Å². The summed E-state index contributed by atoms with van der Waals surface area (Å²) in [5, 5.41) is 0. The first-order chi connectivity index (χ1) is 12.0. The summed E-state index contributed by atoms with van der Waals surface area (Å²) in [5.41, 5.74) is 0. The molecule has 31 heavy (non-hydrogen) atoms. The standard InChI is InChI=1S/6FH3O3Si.H4Si/c6*1-5(2,3)4;/h6*2-4H;1H4. The van der Waals surface area contributed by atoms with Gasteiger partial charge in [-0.15, -0.1) is 0 Å². The van der Waals surface area contributed by atoms with E-state index < -0.39 is 54.8 Å². The summed E-state index contributed by atoms with van der Waals surface area (Å²) < 4.78 is 63.0. The van der Waals surface area contributed by atoms with E-state index in [4.69, 9.17) is 86.3 Å². The van der Waals surface area contributed by atoms with Gasteiger partial charge in [0.15, 0.2) is 0 Å². The fourth-order valence-corrected chi connectivity index (χ4v) is 0. The molecule has 0 atom stereocenters. The predicted octanol–water partition coefficient (Wildman–Crippen LogP) is -11.2. The highest BCUT2D eigenvalue weighted by molar-refractivity contribution is 6.49. The monoisotopic (exact) mass is 620 g/mol. The molecule has 31 heteroatoms. The maximum atomic E-state index is 10.5. The largest absolute Gasteiger partial charge is 0.711 e. The molecule has 0 rings (SSSR count). The third-order valence-corrected chi connectivity index (χ3v) is 0. The van der Waals surface area contributed by atoms with E-state index in [1.807, 2.05) is 0 Å². The predicted molar refractivity (Wildman–Crippen MR) is 92.4 cm³/mol. The quantitative estimate of drug-likeness (QED) is 0.0678. The average molecular weight is 621 g/mol. The van der Waals surface area contributed by atoms with Gasteiger partial charge in [-0.3, -0.25) is 0 Å². The summed E-state index contributed by atoms with van der Waals surface area (Å²) in [6, 6.07) is 0. The fraction of sp³-hybridized carbons (Fsp3) is 0. The van der Waals surface area contributed by atoms with E-state index in [9.17, 15) is 24.6 Å². The van der Waals surface area contributed by atoms with E-state index in [1.165, 1.54) is 0 Å². The third kappa shape index (κ3) is 171000. The lowest BCUT2D eigenvalue weighted by molar-refractivity contribution is 0.162. The molecule has 0 spiro atoms. The van der Waals surface area contributed by atoms with Crippen molar-refractivity contribution in [1.82, 2.24) is 0 Å². The number of halogens is 6. The Hall–Kier alpha value is 0.378. The zero-order chi connectivity index (χ0) is 27.0. The van der Waals surface area contributed by atoms with Gasteiger partial charge in [0.05, 0.1) is 0 Å². The highest BCUT2D eigenvalue weighted by Crippen LogP contribution is 1.82. The Morgan fingerprint density at radius 2 is 0.226 bits per heavy atom. The van der Waals surface area contributed by atoms with Crippen LogP contribution in [0.2, 0.25) is 0 Å². The van der Waals surface area contributed by atoms with Crippen LogP contribution in [0, 0.1) is 0 Å². The highest BCUT2D eigenvalue weighted by atomic mass is 28.4. The van der Waals surface area contributed by atoms with E-state index in [0.29, 0.717) is 0 Å². The van der Waals surface area contributed by atoms with Crippen molar-refractivity contribution >= 4 is 65.8 Å². The summed E-state index contributed by atoms with van der Waals surface area (Å²) in [5.74, 6) is 0. The van der Waals surface area contributed by atoms with Gasteiger partial charge in [-0.05, 0) is 11.0 Å². The van der Waals surface area contributed by atoms with E-state index in [1.54, 1.807) is 0 Å². The Morgan fingerprint density at radius 3 is 0.226 bits per heavy atom. The third-order valence-electron chi connectivity index (χ3n) is 0. The smallest absolute Gasteiger partial charge is 0.365 e. The van der Waals surface area contributed by atoms with Crippen molar-refractivity contribution in [3.8, 4) is 0 Å². The number of hydrogen-bond donors (Lipinski definition) is 18. The molecule has 18 nitrogen and oxygen atoms in total. The fourth-order valence-electron chi connectivity index (χ4n) is 0. The summed E-state index contributed by atoms with van der Waals surface area (Å²) in [6.07, 6.45) is 0. The minimum atomic E-state index is -5.11. The lowest BCUT2D eigenvalue weighted by atomic mass is 15.7. The minimum absolute atomic E-state index is 0. The van der Waals surface area contributed by atoms with Crippen molar-refractivity contribution in [1.29, 1.82) is 0 Å². The van der Waals surface area contributed by atoms with E-state index in [0.717, 1.165) is 0 Å². The van der Waals surface area contributed by atoms with Gasteiger partial charge in [0.2, 0.25) is 0 Å². The topological polar surface area (TPSA) is 364 Å². The zero-order valence-electron chi connectivity index (χ0n) is 13.3. The van der Waals surface area contributed by atoms with Crippen LogP contribution in [-0.2, 0) is 0 Å².